The summed E-state index contributed by atoms with van der Waals surface area (Å²) in [5, 5.41) is 9.78. The molecule has 0 radical (unpaired) electrons. The third-order valence-corrected chi connectivity index (χ3v) is 12.5. The Hall–Kier alpha value is -4.02. The minimum Gasteiger partial charge on any atom is -0.497 e. The molecule has 0 spiro atoms. The Kier molecular flexibility index (Phi) is 11.0. The summed E-state index contributed by atoms with van der Waals surface area (Å²) in [6.07, 6.45) is 3.07. The van der Waals surface area contributed by atoms with Crippen LogP contribution in [0.2, 0.25) is 5.02 Å². The van der Waals surface area contributed by atoms with Gasteiger partial charge in [-0.15, -0.1) is 0 Å². The van der Waals surface area contributed by atoms with E-state index in [1.54, 1.807) is 36.5 Å². The number of aromatic nitrogens is 1. The minimum atomic E-state index is -4.51. The number of oxazole rings is 1. The number of β-amino-alcohol motifs (C(OH)–C–C–N with tert-alkyl or cyclic N) is 1. The van der Waals surface area contributed by atoms with Gasteiger partial charge in [0.05, 0.1) is 55.4 Å². The van der Waals surface area contributed by atoms with Crippen molar-refractivity contribution in [1.82, 2.24) is 19.7 Å². The molecule has 0 saturated carbocycles. The molecule has 55 heavy (non-hydrogen) atoms. The molecule has 3 atom stereocenters. The molecule has 1 N–H and O–H groups in total. The van der Waals surface area contributed by atoms with Crippen LogP contribution in [0, 0.1) is 0 Å². The molecule has 2 saturated heterocycles. The second kappa shape index (κ2) is 15.5. The van der Waals surface area contributed by atoms with Crippen molar-refractivity contribution in [1.29, 1.82) is 0 Å². The van der Waals surface area contributed by atoms with Crippen molar-refractivity contribution in [2.75, 3.05) is 64.4 Å². The first kappa shape index (κ1) is 39.2. The first-order valence-corrected chi connectivity index (χ1v) is 20.2. The number of halogens is 1. The van der Waals surface area contributed by atoms with E-state index in [9.17, 15) is 13.5 Å². The Bertz CT molecular complexity index is 2100. The predicted octanol–water partition coefficient (Wildman–Crippen LogP) is 5.06. The minimum absolute atomic E-state index is 0.0842. The number of hydrogen-bond donors (Lipinski definition) is 1. The summed E-state index contributed by atoms with van der Waals surface area (Å²) >= 11 is 6.80. The van der Waals surface area contributed by atoms with Gasteiger partial charge in [0.1, 0.15) is 17.8 Å². The van der Waals surface area contributed by atoms with Gasteiger partial charge in [0.2, 0.25) is 5.89 Å². The lowest BCUT2D eigenvalue weighted by molar-refractivity contribution is -0.128. The van der Waals surface area contributed by atoms with Gasteiger partial charge in [-0.05, 0) is 87.4 Å². The van der Waals surface area contributed by atoms with Crippen LogP contribution in [0.15, 0.2) is 82.4 Å². The normalized spacial score (nSPS) is 22.7. The van der Waals surface area contributed by atoms with E-state index in [0.717, 1.165) is 36.0 Å². The van der Waals surface area contributed by atoms with E-state index in [-0.39, 0.29) is 29.8 Å². The van der Waals surface area contributed by atoms with E-state index in [1.165, 1.54) is 32.6 Å². The van der Waals surface area contributed by atoms with Crippen LogP contribution in [0.4, 0.5) is 5.69 Å². The Balaban J connectivity index is 1.45. The Morgan fingerprint density at radius 1 is 0.964 bits per heavy atom. The topological polar surface area (TPSA) is 138 Å². The lowest BCUT2D eigenvalue weighted by Gasteiger charge is -2.41. The van der Waals surface area contributed by atoms with Crippen molar-refractivity contribution < 1.29 is 36.9 Å². The number of anilines is 1. The number of ether oxygens (including phenoxy) is 3. The maximum Gasteiger partial charge on any atom is 0.271 e. The summed E-state index contributed by atoms with van der Waals surface area (Å²) in [5.74, 6) is 0.510. The molecule has 4 heterocycles. The number of hydrogen-bond acceptors (Lipinski definition) is 12. The van der Waals surface area contributed by atoms with Crippen LogP contribution < -0.4 is 13.8 Å². The molecule has 3 aromatic carbocycles. The van der Waals surface area contributed by atoms with Crippen molar-refractivity contribution >= 4 is 33.2 Å². The molecule has 4 aromatic rings. The summed E-state index contributed by atoms with van der Waals surface area (Å²) in [6.45, 7) is 10.7. The number of aliphatic hydroxyl groups excluding tert-OH is 1. The zero-order valence-corrected chi connectivity index (χ0v) is 33.3. The van der Waals surface area contributed by atoms with Crippen LogP contribution in [0.5, 0.6) is 11.5 Å². The van der Waals surface area contributed by atoms with Gasteiger partial charge in [-0.25, -0.2) is 17.7 Å². The zero-order valence-electron chi connectivity index (χ0n) is 31.8. The number of aliphatic hydroxyl groups is 1. The summed E-state index contributed by atoms with van der Waals surface area (Å²) in [6, 6.07) is 16.0. The molecule has 7 rings (SSSR count). The zero-order chi connectivity index (χ0) is 39.1. The second-order valence-electron chi connectivity index (χ2n) is 15.1. The van der Waals surface area contributed by atoms with Crippen molar-refractivity contribution in [2.45, 2.75) is 61.9 Å². The number of sulfonamides is 1. The summed E-state index contributed by atoms with van der Waals surface area (Å²) in [5.41, 5.74) is -0.422. The number of benzene rings is 3. The van der Waals surface area contributed by atoms with Crippen LogP contribution >= 0.6 is 11.6 Å². The molecule has 294 valence electrons. The molecule has 1 aromatic heterocycles. The van der Waals surface area contributed by atoms with Crippen LogP contribution in [-0.2, 0) is 31.6 Å². The van der Waals surface area contributed by atoms with Crippen molar-refractivity contribution in [3.63, 3.8) is 0 Å². The fourth-order valence-corrected chi connectivity index (χ4v) is 9.86. The molecule has 13 nitrogen and oxygen atoms in total. The number of piperazine rings is 1. The molecule has 1 unspecified atom stereocenters. The summed E-state index contributed by atoms with van der Waals surface area (Å²) in [7, 11) is -1.47. The van der Waals surface area contributed by atoms with Gasteiger partial charge in [0.25, 0.3) is 15.9 Å². The molecular weight excluding hydrogens is 746 g/mol. The average molecular weight is 794 g/mol. The van der Waals surface area contributed by atoms with Crippen LogP contribution in [-0.4, -0.2) is 111 Å². The van der Waals surface area contributed by atoms with Crippen LogP contribution in [0.3, 0.4) is 0 Å². The highest BCUT2D eigenvalue weighted by molar-refractivity contribution is 7.93. The highest BCUT2D eigenvalue weighted by Crippen LogP contribution is 2.57. The number of rotatable bonds is 12. The first-order valence-electron chi connectivity index (χ1n) is 18.4. The standard InChI is InChI=1S/C40H48ClN5O8S/c1-39(2,3)54-30-24-35(37-42-14-21-53-37)45(26-30)40(33-22-27(6-13-36(33)52-5)25-44-17-15-43(16-18-44)19-20-47)32-23-28(41)7-12-34(32)46(38(40)48)55(49,50)31-10-8-29(51-4)9-11-31/h6-14,21-23,30,35,47H,15-20,24-26H2,1-5H3/t30-,35+,40?/m1/s1. The molecular formula is C40H48ClN5O8S. The highest BCUT2D eigenvalue weighted by Gasteiger charge is 2.64. The molecule has 3 aliphatic rings. The number of methoxy groups -OCH3 is 2. The number of amides is 1. The number of carbonyl (C=O) groups excluding carboxylic acids is 1. The molecule has 0 bridgehead atoms. The number of carbonyl (C=O) groups is 1. The van der Waals surface area contributed by atoms with Gasteiger partial charge in [0, 0.05) is 62.0 Å². The molecule has 1 amide bonds. The fraction of sp³-hybridized carbons (Fsp3) is 0.450. The Labute approximate surface area is 327 Å². The first-order chi connectivity index (χ1) is 26.3. The van der Waals surface area contributed by atoms with Crippen molar-refractivity contribution in [3.05, 3.63) is 101 Å². The number of nitrogens with zero attached hydrogens (tertiary/aromatic N) is 5. The molecule has 3 aliphatic heterocycles. The maximum absolute atomic E-state index is 16.0. The third-order valence-electron chi connectivity index (χ3n) is 10.6. The lowest BCUT2D eigenvalue weighted by Crippen LogP contribution is -2.55. The van der Waals surface area contributed by atoms with E-state index >= 15 is 4.79 Å². The quantitative estimate of drug-likeness (QED) is 0.205. The van der Waals surface area contributed by atoms with E-state index in [2.05, 4.69) is 14.8 Å². The van der Waals surface area contributed by atoms with Crippen molar-refractivity contribution in [2.24, 2.45) is 0 Å². The highest BCUT2D eigenvalue weighted by atomic mass is 35.5. The third kappa shape index (κ3) is 7.37. The number of fused-ring (bicyclic) bond motifs is 1. The van der Waals surface area contributed by atoms with E-state index in [1.807, 2.05) is 43.9 Å². The maximum atomic E-state index is 16.0. The molecule has 0 aliphatic carbocycles. The summed E-state index contributed by atoms with van der Waals surface area (Å²) < 4.78 is 54.5. The Morgan fingerprint density at radius 2 is 1.69 bits per heavy atom. The predicted molar refractivity (Wildman–Crippen MR) is 207 cm³/mol. The van der Waals surface area contributed by atoms with Gasteiger partial charge < -0.3 is 23.7 Å². The Morgan fingerprint density at radius 3 is 2.33 bits per heavy atom. The average Bonchev–Trinajstić information content (AvgIpc) is 3.89. The van der Waals surface area contributed by atoms with Crippen LogP contribution in [0.1, 0.15) is 55.8 Å². The second-order valence-corrected chi connectivity index (χ2v) is 17.3. The monoisotopic (exact) mass is 793 g/mol. The molecule has 2 fully saturated rings. The fourth-order valence-electron chi connectivity index (χ4n) is 8.22. The van der Waals surface area contributed by atoms with E-state index in [0.29, 0.717) is 53.0 Å². The molecule has 15 heteroatoms. The lowest BCUT2D eigenvalue weighted by atomic mass is 9.80. The van der Waals surface area contributed by atoms with Gasteiger partial charge in [-0.2, -0.15) is 0 Å². The smallest absolute Gasteiger partial charge is 0.271 e. The summed E-state index contributed by atoms with van der Waals surface area (Å²) in [4.78, 5) is 26.9. The van der Waals surface area contributed by atoms with Crippen molar-refractivity contribution in [3.8, 4) is 11.5 Å². The van der Waals surface area contributed by atoms with E-state index in [4.69, 9.17) is 30.2 Å². The van der Waals surface area contributed by atoms with E-state index < -0.39 is 33.1 Å². The SMILES string of the molecule is COc1ccc(S(=O)(=O)N2C(=O)C(c3cc(CN4CCN(CCO)CC4)ccc3OC)(N3C[C@H](OC(C)(C)C)C[C@H]3c3ncco3)c3cc(Cl)ccc32)cc1. The van der Waals surface area contributed by atoms with Gasteiger partial charge in [-0.3, -0.25) is 19.5 Å². The number of likely N-dealkylation sites (tertiary alicyclic amines) is 1. The van der Waals surface area contributed by atoms with Gasteiger partial charge in [0.15, 0.2) is 5.54 Å². The van der Waals surface area contributed by atoms with Gasteiger partial charge in [-0.1, -0.05) is 17.7 Å². The largest absolute Gasteiger partial charge is 0.497 e. The van der Waals surface area contributed by atoms with Crippen LogP contribution in [0.25, 0.3) is 0 Å². The van der Waals surface area contributed by atoms with Gasteiger partial charge >= 0.3 is 0 Å².